The van der Waals surface area contributed by atoms with Crippen LogP contribution in [0.1, 0.15) is 200 Å². The van der Waals surface area contributed by atoms with Crippen LogP contribution in [-0.4, -0.2) is 89.6 Å². The van der Waals surface area contributed by atoms with Crippen LogP contribution in [0.2, 0.25) is 0 Å². The SMILES string of the molecule is CCCCCCCC/C=C\CCCCCCCC(=O)OC(COCCCCCCCCCCCCCCCCC)COC1OC(CO)C(O)C(O)C1O. The molecule has 0 aliphatic carbocycles. The Morgan fingerprint density at radius 2 is 1.04 bits per heavy atom. The maximum atomic E-state index is 12.7. The molecule has 1 aliphatic rings. The van der Waals surface area contributed by atoms with Gasteiger partial charge in [0.15, 0.2) is 6.29 Å². The fourth-order valence-corrected chi connectivity index (χ4v) is 6.90. The molecule has 314 valence electrons. The van der Waals surface area contributed by atoms with Gasteiger partial charge in [-0.15, -0.1) is 0 Å². The number of esters is 1. The summed E-state index contributed by atoms with van der Waals surface area (Å²) in [6.45, 7) is 4.57. The molecule has 9 nitrogen and oxygen atoms in total. The lowest BCUT2D eigenvalue weighted by atomic mass is 9.99. The van der Waals surface area contributed by atoms with Gasteiger partial charge in [0.25, 0.3) is 0 Å². The Kier molecular flexibility index (Phi) is 34.5. The fraction of sp³-hybridized carbons (Fsp3) is 0.932. The van der Waals surface area contributed by atoms with Crippen molar-refractivity contribution in [2.24, 2.45) is 0 Å². The molecule has 0 radical (unpaired) electrons. The predicted molar refractivity (Wildman–Crippen MR) is 215 cm³/mol. The highest BCUT2D eigenvalue weighted by atomic mass is 16.7. The number of aliphatic hydroxyl groups is 4. The lowest BCUT2D eigenvalue weighted by molar-refractivity contribution is -0.305. The maximum Gasteiger partial charge on any atom is 0.306 e. The van der Waals surface area contributed by atoms with E-state index >= 15 is 0 Å². The van der Waals surface area contributed by atoms with Crippen molar-refractivity contribution in [3.05, 3.63) is 12.2 Å². The van der Waals surface area contributed by atoms with Gasteiger partial charge in [-0.25, -0.2) is 0 Å². The summed E-state index contributed by atoms with van der Waals surface area (Å²) in [5, 5.41) is 40.1. The Hall–Kier alpha value is -1.07. The van der Waals surface area contributed by atoms with E-state index in [4.69, 9.17) is 18.9 Å². The lowest BCUT2D eigenvalue weighted by Crippen LogP contribution is -2.59. The Morgan fingerprint density at radius 3 is 1.53 bits per heavy atom. The van der Waals surface area contributed by atoms with Crippen LogP contribution in [-0.2, 0) is 23.7 Å². The minimum absolute atomic E-state index is 0.111. The van der Waals surface area contributed by atoms with Gasteiger partial charge in [0.1, 0.15) is 30.5 Å². The Bertz CT molecular complexity index is 823. The van der Waals surface area contributed by atoms with Crippen molar-refractivity contribution in [1.82, 2.24) is 0 Å². The van der Waals surface area contributed by atoms with E-state index < -0.39 is 43.4 Å². The second kappa shape index (κ2) is 36.6. The third-order valence-electron chi connectivity index (χ3n) is 10.4. The molecule has 1 fully saturated rings. The van der Waals surface area contributed by atoms with Crippen LogP contribution in [0.5, 0.6) is 0 Å². The van der Waals surface area contributed by atoms with Crippen molar-refractivity contribution in [2.75, 3.05) is 26.4 Å². The van der Waals surface area contributed by atoms with Gasteiger partial charge < -0.3 is 39.4 Å². The summed E-state index contributed by atoms with van der Waals surface area (Å²) in [7, 11) is 0. The first-order valence-corrected chi connectivity index (χ1v) is 22.3. The zero-order valence-electron chi connectivity index (χ0n) is 34.3. The highest BCUT2D eigenvalue weighted by Gasteiger charge is 2.44. The molecule has 1 saturated heterocycles. The number of unbranched alkanes of at least 4 members (excludes halogenated alkanes) is 25. The van der Waals surface area contributed by atoms with Crippen molar-refractivity contribution >= 4 is 5.97 Å². The number of aliphatic hydroxyl groups excluding tert-OH is 4. The molecule has 4 N–H and O–H groups in total. The van der Waals surface area contributed by atoms with Gasteiger partial charge in [-0.1, -0.05) is 167 Å². The molecule has 0 spiro atoms. The van der Waals surface area contributed by atoms with Crippen LogP contribution in [0.4, 0.5) is 0 Å². The first-order chi connectivity index (χ1) is 25.9. The summed E-state index contributed by atoms with van der Waals surface area (Å²) in [5.41, 5.74) is 0. The van der Waals surface area contributed by atoms with Crippen molar-refractivity contribution in [3.8, 4) is 0 Å². The Labute approximate surface area is 325 Å². The first kappa shape index (κ1) is 49.9. The van der Waals surface area contributed by atoms with Crippen LogP contribution in [0, 0.1) is 0 Å². The quantitative estimate of drug-likeness (QED) is 0.0276. The van der Waals surface area contributed by atoms with E-state index in [0.717, 1.165) is 44.9 Å². The molecule has 1 aliphatic heterocycles. The molecule has 1 rings (SSSR count). The molecular formula is C44H84O9. The van der Waals surface area contributed by atoms with E-state index in [9.17, 15) is 25.2 Å². The minimum Gasteiger partial charge on any atom is -0.457 e. The van der Waals surface area contributed by atoms with E-state index in [1.54, 1.807) is 0 Å². The summed E-state index contributed by atoms with van der Waals surface area (Å²) in [6, 6.07) is 0. The Balaban J connectivity index is 2.27. The smallest absolute Gasteiger partial charge is 0.306 e. The summed E-state index contributed by atoms with van der Waals surface area (Å²) in [5.74, 6) is -0.319. The summed E-state index contributed by atoms with van der Waals surface area (Å²) in [4.78, 5) is 12.7. The third-order valence-corrected chi connectivity index (χ3v) is 10.4. The second-order valence-electron chi connectivity index (χ2n) is 15.5. The van der Waals surface area contributed by atoms with Gasteiger partial charge >= 0.3 is 5.97 Å². The summed E-state index contributed by atoms with van der Waals surface area (Å²) < 4.78 is 22.8. The van der Waals surface area contributed by atoms with Gasteiger partial charge in [-0.2, -0.15) is 0 Å². The maximum absolute atomic E-state index is 12.7. The molecule has 6 atom stereocenters. The molecule has 6 unspecified atom stereocenters. The molecule has 0 aromatic heterocycles. The van der Waals surface area contributed by atoms with Gasteiger partial charge in [-0.05, 0) is 38.5 Å². The zero-order valence-corrected chi connectivity index (χ0v) is 34.3. The molecule has 1 heterocycles. The Morgan fingerprint density at radius 1 is 0.585 bits per heavy atom. The number of hydrogen-bond donors (Lipinski definition) is 4. The normalized spacial score (nSPS) is 21.1. The fourth-order valence-electron chi connectivity index (χ4n) is 6.90. The van der Waals surface area contributed by atoms with E-state index in [2.05, 4.69) is 26.0 Å². The van der Waals surface area contributed by atoms with Crippen LogP contribution >= 0.6 is 0 Å². The molecule has 0 aromatic carbocycles. The third kappa shape index (κ3) is 28.1. The number of hydrogen-bond acceptors (Lipinski definition) is 9. The van der Waals surface area contributed by atoms with Crippen LogP contribution in [0.3, 0.4) is 0 Å². The van der Waals surface area contributed by atoms with Crippen molar-refractivity contribution in [3.63, 3.8) is 0 Å². The van der Waals surface area contributed by atoms with Crippen LogP contribution < -0.4 is 0 Å². The first-order valence-electron chi connectivity index (χ1n) is 22.3. The second-order valence-corrected chi connectivity index (χ2v) is 15.5. The van der Waals surface area contributed by atoms with Gasteiger partial charge in [0.2, 0.25) is 0 Å². The molecule has 0 bridgehead atoms. The molecular weight excluding hydrogens is 672 g/mol. The van der Waals surface area contributed by atoms with E-state index in [1.807, 2.05) is 0 Å². The number of carbonyl (C=O) groups excluding carboxylic acids is 1. The van der Waals surface area contributed by atoms with E-state index in [-0.39, 0.29) is 19.2 Å². The van der Waals surface area contributed by atoms with Gasteiger partial charge in [-0.3, -0.25) is 4.79 Å². The monoisotopic (exact) mass is 757 g/mol. The van der Waals surface area contributed by atoms with Crippen molar-refractivity contribution < 1.29 is 44.2 Å². The molecule has 0 amide bonds. The number of allylic oxidation sites excluding steroid dienone is 2. The number of rotatable bonds is 38. The summed E-state index contributed by atoms with van der Waals surface area (Å²) >= 11 is 0. The largest absolute Gasteiger partial charge is 0.457 e. The van der Waals surface area contributed by atoms with Crippen molar-refractivity contribution in [2.45, 2.75) is 237 Å². The molecule has 0 aromatic rings. The highest BCUT2D eigenvalue weighted by Crippen LogP contribution is 2.22. The molecule has 9 heteroatoms. The standard InChI is InChI=1S/C44H84O9/c1-3-5-7-9-11-13-15-17-19-21-23-25-27-29-31-33-40(46)52-38(37-51-44-43(49)42(48)41(47)39(35-45)53-44)36-50-34-32-30-28-26-24-22-20-18-16-14-12-10-8-6-4-2/h17,19,38-39,41-45,47-49H,3-16,18,20-37H2,1-2H3/b19-17-. The molecule has 0 saturated carbocycles. The zero-order chi connectivity index (χ0) is 38.6. The van der Waals surface area contributed by atoms with Gasteiger partial charge in [0.05, 0.1) is 19.8 Å². The highest BCUT2D eigenvalue weighted by molar-refractivity contribution is 5.69. The number of carbonyl (C=O) groups is 1. The minimum atomic E-state index is -1.53. The van der Waals surface area contributed by atoms with E-state index in [0.29, 0.717) is 13.0 Å². The van der Waals surface area contributed by atoms with Crippen molar-refractivity contribution in [1.29, 1.82) is 0 Å². The lowest BCUT2D eigenvalue weighted by Gasteiger charge is -2.39. The predicted octanol–water partition coefficient (Wildman–Crippen LogP) is 9.64. The topological polar surface area (TPSA) is 135 Å². The van der Waals surface area contributed by atoms with Crippen LogP contribution in [0.15, 0.2) is 12.2 Å². The van der Waals surface area contributed by atoms with Gasteiger partial charge in [0, 0.05) is 13.0 Å². The number of ether oxygens (including phenoxy) is 4. The average molecular weight is 757 g/mol. The van der Waals surface area contributed by atoms with E-state index in [1.165, 1.54) is 135 Å². The molecule has 53 heavy (non-hydrogen) atoms. The summed E-state index contributed by atoms with van der Waals surface area (Å²) in [6.07, 6.45) is 32.3. The average Bonchev–Trinajstić information content (AvgIpc) is 3.16. The van der Waals surface area contributed by atoms with Crippen LogP contribution in [0.25, 0.3) is 0 Å².